The summed E-state index contributed by atoms with van der Waals surface area (Å²) in [6, 6.07) is 8.00. The van der Waals surface area contributed by atoms with Crippen LogP contribution < -0.4 is 0 Å². The molecule has 0 aromatic heterocycles. The number of alkyl halides is 1. The van der Waals surface area contributed by atoms with Gasteiger partial charge in [-0.2, -0.15) is 0 Å². The minimum Gasteiger partial charge on any atom is -0.373 e. The van der Waals surface area contributed by atoms with E-state index >= 15 is 0 Å². The first kappa shape index (κ1) is 14.9. The summed E-state index contributed by atoms with van der Waals surface area (Å²) >= 11 is 9.81. The monoisotopic (exact) mass is 356 g/mol. The number of rotatable bonds is 3. The number of halogens is 2. The molecule has 20 heavy (non-hydrogen) atoms. The van der Waals surface area contributed by atoms with Gasteiger partial charge in [0, 0.05) is 15.3 Å². The van der Waals surface area contributed by atoms with E-state index in [1.54, 1.807) is 0 Å². The molecule has 0 saturated heterocycles. The summed E-state index contributed by atoms with van der Waals surface area (Å²) in [6.07, 6.45) is 9.76. The molecular formula is C17H22BrClO. The Balaban J connectivity index is 1.61. The van der Waals surface area contributed by atoms with E-state index in [0.29, 0.717) is 23.0 Å². The second-order valence-electron chi connectivity index (χ2n) is 6.28. The first-order valence-corrected chi connectivity index (χ1v) is 9.00. The van der Waals surface area contributed by atoms with Crippen molar-refractivity contribution in [2.45, 2.75) is 62.5 Å². The molecule has 3 rings (SSSR count). The fraction of sp³-hybridized carbons (Fsp3) is 0.647. The van der Waals surface area contributed by atoms with Gasteiger partial charge in [0.25, 0.3) is 0 Å². The molecule has 0 N–H and O–H groups in total. The number of benzene rings is 1. The van der Waals surface area contributed by atoms with Gasteiger partial charge in [-0.05, 0) is 37.0 Å². The van der Waals surface area contributed by atoms with Crippen LogP contribution in [0.4, 0.5) is 0 Å². The van der Waals surface area contributed by atoms with Crippen molar-refractivity contribution >= 4 is 27.5 Å². The lowest BCUT2D eigenvalue weighted by Gasteiger charge is -2.53. The highest BCUT2D eigenvalue weighted by atomic mass is 79.9. The zero-order chi connectivity index (χ0) is 14.0. The van der Waals surface area contributed by atoms with E-state index in [1.165, 1.54) is 44.1 Å². The Hall–Kier alpha value is -0.0500. The summed E-state index contributed by atoms with van der Waals surface area (Å²) in [5, 5.41) is 0.790. The van der Waals surface area contributed by atoms with Crippen LogP contribution in [0, 0.1) is 5.41 Å². The molecular weight excluding hydrogens is 336 g/mol. The standard InChI is InChI=1S/C17H22BrClO/c18-15-11-16(17(15)9-3-1-2-4-10-17)20-12-13-5-7-14(19)8-6-13/h5-8,15-16H,1-4,9-12H2. The molecule has 1 spiro atoms. The van der Waals surface area contributed by atoms with Crippen LogP contribution in [0.1, 0.15) is 50.5 Å². The van der Waals surface area contributed by atoms with E-state index < -0.39 is 0 Å². The highest BCUT2D eigenvalue weighted by Crippen LogP contribution is 2.55. The molecule has 110 valence electrons. The van der Waals surface area contributed by atoms with Crippen LogP contribution in [0.5, 0.6) is 0 Å². The van der Waals surface area contributed by atoms with Gasteiger partial charge in [0.2, 0.25) is 0 Å². The third-order valence-electron chi connectivity index (χ3n) is 5.08. The second kappa shape index (κ2) is 6.37. The third kappa shape index (κ3) is 2.93. The Morgan fingerprint density at radius 2 is 1.75 bits per heavy atom. The Kier molecular flexibility index (Phi) is 4.74. The summed E-state index contributed by atoms with van der Waals surface area (Å²) in [7, 11) is 0. The molecule has 2 saturated carbocycles. The van der Waals surface area contributed by atoms with Crippen LogP contribution >= 0.6 is 27.5 Å². The molecule has 2 aliphatic carbocycles. The fourth-order valence-electron chi connectivity index (χ4n) is 3.73. The van der Waals surface area contributed by atoms with Gasteiger partial charge in [0.1, 0.15) is 0 Å². The van der Waals surface area contributed by atoms with Gasteiger partial charge in [-0.1, -0.05) is 65.3 Å². The molecule has 0 aliphatic heterocycles. The highest BCUT2D eigenvalue weighted by Gasteiger charge is 2.53. The van der Waals surface area contributed by atoms with Crippen molar-refractivity contribution < 1.29 is 4.74 Å². The molecule has 1 aromatic rings. The third-order valence-corrected chi connectivity index (χ3v) is 6.62. The lowest BCUT2D eigenvalue weighted by Crippen LogP contribution is -2.55. The number of hydrogen-bond acceptors (Lipinski definition) is 1. The Labute approximate surface area is 135 Å². The maximum Gasteiger partial charge on any atom is 0.0720 e. The van der Waals surface area contributed by atoms with E-state index in [9.17, 15) is 0 Å². The maximum absolute atomic E-state index is 6.25. The van der Waals surface area contributed by atoms with Gasteiger partial charge in [0.05, 0.1) is 12.7 Å². The zero-order valence-corrected chi connectivity index (χ0v) is 14.1. The maximum atomic E-state index is 6.25. The van der Waals surface area contributed by atoms with Crippen LogP contribution in [0.2, 0.25) is 5.02 Å². The van der Waals surface area contributed by atoms with Gasteiger partial charge >= 0.3 is 0 Å². The molecule has 1 aromatic carbocycles. The van der Waals surface area contributed by atoms with E-state index in [1.807, 2.05) is 12.1 Å². The summed E-state index contributed by atoms with van der Waals surface area (Å²) in [5.74, 6) is 0. The van der Waals surface area contributed by atoms with Crippen molar-refractivity contribution in [2.75, 3.05) is 0 Å². The van der Waals surface area contributed by atoms with Crippen LogP contribution in [-0.4, -0.2) is 10.9 Å². The van der Waals surface area contributed by atoms with Gasteiger partial charge < -0.3 is 4.74 Å². The smallest absolute Gasteiger partial charge is 0.0720 e. The SMILES string of the molecule is Clc1ccc(COC2CC(Br)C23CCCCCC3)cc1. The molecule has 3 heteroatoms. The average molecular weight is 358 g/mol. The van der Waals surface area contributed by atoms with Gasteiger partial charge in [-0.15, -0.1) is 0 Å². The molecule has 2 fully saturated rings. The van der Waals surface area contributed by atoms with E-state index in [-0.39, 0.29) is 0 Å². The van der Waals surface area contributed by atoms with Crippen molar-refractivity contribution in [3.63, 3.8) is 0 Å². The summed E-state index contributed by atoms with van der Waals surface area (Å²) in [4.78, 5) is 0.656. The minimum absolute atomic E-state index is 0.406. The first-order valence-electron chi connectivity index (χ1n) is 7.71. The molecule has 2 aliphatic rings. The van der Waals surface area contributed by atoms with E-state index in [0.717, 1.165) is 11.4 Å². The molecule has 2 atom stereocenters. The van der Waals surface area contributed by atoms with Crippen molar-refractivity contribution in [1.29, 1.82) is 0 Å². The van der Waals surface area contributed by atoms with Gasteiger partial charge in [0.15, 0.2) is 0 Å². The summed E-state index contributed by atoms with van der Waals surface area (Å²) < 4.78 is 6.25. The molecule has 0 amide bonds. The Morgan fingerprint density at radius 3 is 2.35 bits per heavy atom. The molecule has 2 unspecified atom stereocenters. The van der Waals surface area contributed by atoms with Crippen molar-refractivity contribution in [1.82, 2.24) is 0 Å². The van der Waals surface area contributed by atoms with Crippen LogP contribution in [0.15, 0.2) is 24.3 Å². The lowest BCUT2D eigenvalue weighted by molar-refractivity contribution is -0.118. The predicted octanol–water partition coefficient (Wildman–Crippen LogP) is 5.73. The van der Waals surface area contributed by atoms with Crippen LogP contribution in [-0.2, 0) is 11.3 Å². The van der Waals surface area contributed by atoms with E-state index in [4.69, 9.17) is 16.3 Å². The largest absolute Gasteiger partial charge is 0.373 e. The fourth-order valence-corrected chi connectivity index (χ4v) is 4.95. The average Bonchev–Trinajstić information content (AvgIpc) is 2.73. The molecule has 0 bridgehead atoms. The second-order valence-corrected chi connectivity index (χ2v) is 7.82. The quantitative estimate of drug-likeness (QED) is 0.627. The lowest BCUT2D eigenvalue weighted by atomic mass is 9.61. The van der Waals surface area contributed by atoms with Crippen molar-refractivity contribution in [2.24, 2.45) is 5.41 Å². The molecule has 0 heterocycles. The first-order chi connectivity index (χ1) is 9.71. The highest BCUT2D eigenvalue weighted by molar-refractivity contribution is 9.09. The van der Waals surface area contributed by atoms with Crippen molar-refractivity contribution in [3.8, 4) is 0 Å². The normalized spacial score (nSPS) is 28.9. The Morgan fingerprint density at radius 1 is 1.10 bits per heavy atom. The van der Waals surface area contributed by atoms with Gasteiger partial charge in [-0.25, -0.2) is 0 Å². The minimum atomic E-state index is 0.406. The van der Waals surface area contributed by atoms with Gasteiger partial charge in [-0.3, -0.25) is 0 Å². The number of hydrogen-bond donors (Lipinski definition) is 0. The van der Waals surface area contributed by atoms with Crippen LogP contribution in [0.3, 0.4) is 0 Å². The van der Waals surface area contributed by atoms with Crippen molar-refractivity contribution in [3.05, 3.63) is 34.9 Å². The Bertz CT molecular complexity index is 437. The van der Waals surface area contributed by atoms with E-state index in [2.05, 4.69) is 28.1 Å². The summed E-state index contributed by atoms with van der Waals surface area (Å²) in [5.41, 5.74) is 1.62. The zero-order valence-electron chi connectivity index (χ0n) is 11.8. The molecule has 0 radical (unpaired) electrons. The predicted molar refractivity (Wildman–Crippen MR) is 87.5 cm³/mol. The summed E-state index contributed by atoms with van der Waals surface area (Å²) in [6.45, 7) is 0.712. The number of ether oxygens (including phenoxy) is 1. The molecule has 1 nitrogen and oxygen atoms in total. The topological polar surface area (TPSA) is 9.23 Å². The van der Waals surface area contributed by atoms with Crippen LogP contribution in [0.25, 0.3) is 0 Å².